The SMILES string of the molecule is O=C(NCC1CCC(Cl)CC1)c1ccncc1. The Labute approximate surface area is 107 Å². The lowest BCUT2D eigenvalue weighted by atomic mass is 9.89. The van der Waals surface area contributed by atoms with Crippen molar-refractivity contribution in [3.63, 3.8) is 0 Å². The van der Waals surface area contributed by atoms with Crippen LogP contribution >= 0.6 is 11.6 Å². The van der Waals surface area contributed by atoms with Crippen LogP contribution in [0.3, 0.4) is 0 Å². The van der Waals surface area contributed by atoms with Crippen molar-refractivity contribution in [3.8, 4) is 0 Å². The zero-order valence-corrected chi connectivity index (χ0v) is 10.5. The average molecular weight is 253 g/mol. The van der Waals surface area contributed by atoms with Gasteiger partial charge in [0.2, 0.25) is 0 Å². The van der Waals surface area contributed by atoms with Crippen LogP contribution in [0.25, 0.3) is 0 Å². The first-order chi connectivity index (χ1) is 8.25. The molecule has 0 atom stereocenters. The van der Waals surface area contributed by atoms with Gasteiger partial charge < -0.3 is 5.32 Å². The Hall–Kier alpha value is -1.09. The Morgan fingerprint density at radius 2 is 1.94 bits per heavy atom. The van der Waals surface area contributed by atoms with Gasteiger partial charge in [-0.25, -0.2) is 0 Å². The summed E-state index contributed by atoms with van der Waals surface area (Å²) in [5.74, 6) is 0.566. The largest absolute Gasteiger partial charge is 0.352 e. The Morgan fingerprint density at radius 1 is 1.29 bits per heavy atom. The van der Waals surface area contributed by atoms with Crippen LogP contribution in [-0.4, -0.2) is 22.8 Å². The topological polar surface area (TPSA) is 42.0 Å². The van der Waals surface area contributed by atoms with Gasteiger partial charge in [-0.15, -0.1) is 11.6 Å². The fraction of sp³-hybridized carbons (Fsp3) is 0.538. The summed E-state index contributed by atoms with van der Waals surface area (Å²) in [6, 6.07) is 3.45. The number of halogens is 1. The first-order valence-corrected chi connectivity index (χ1v) is 6.51. The summed E-state index contributed by atoms with van der Waals surface area (Å²) in [6.45, 7) is 0.755. The molecule has 0 radical (unpaired) electrons. The van der Waals surface area contributed by atoms with Crippen LogP contribution in [0.5, 0.6) is 0 Å². The molecule has 1 aliphatic carbocycles. The van der Waals surface area contributed by atoms with Gasteiger partial charge in [-0.1, -0.05) is 0 Å². The molecule has 2 rings (SSSR count). The number of nitrogens with zero attached hydrogens (tertiary/aromatic N) is 1. The van der Waals surface area contributed by atoms with Crippen molar-refractivity contribution in [2.75, 3.05) is 6.54 Å². The molecule has 4 heteroatoms. The second-order valence-corrected chi connectivity index (χ2v) is 5.18. The fourth-order valence-corrected chi connectivity index (χ4v) is 2.42. The summed E-state index contributed by atoms with van der Waals surface area (Å²) in [4.78, 5) is 15.7. The van der Waals surface area contributed by atoms with Gasteiger partial charge in [-0.3, -0.25) is 9.78 Å². The minimum atomic E-state index is -0.0135. The molecule has 0 unspecified atom stereocenters. The van der Waals surface area contributed by atoms with Crippen LogP contribution in [0, 0.1) is 5.92 Å². The van der Waals surface area contributed by atoms with E-state index in [9.17, 15) is 4.79 Å². The van der Waals surface area contributed by atoms with E-state index in [-0.39, 0.29) is 5.91 Å². The Balaban J connectivity index is 1.77. The van der Waals surface area contributed by atoms with Crippen molar-refractivity contribution in [1.82, 2.24) is 10.3 Å². The molecule has 1 saturated carbocycles. The first-order valence-electron chi connectivity index (χ1n) is 6.08. The molecule has 1 aromatic heterocycles. The Morgan fingerprint density at radius 3 is 2.59 bits per heavy atom. The molecule has 3 nitrogen and oxygen atoms in total. The predicted molar refractivity (Wildman–Crippen MR) is 68.2 cm³/mol. The molecular formula is C13H17ClN2O. The zero-order valence-electron chi connectivity index (χ0n) is 9.73. The lowest BCUT2D eigenvalue weighted by Crippen LogP contribution is -2.31. The maximum atomic E-state index is 11.8. The number of pyridine rings is 1. The molecule has 1 heterocycles. The van der Waals surface area contributed by atoms with Crippen molar-refractivity contribution in [1.29, 1.82) is 0 Å². The van der Waals surface area contributed by atoms with Crippen LogP contribution < -0.4 is 5.32 Å². The maximum Gasteiger partial charge on any atom is 0.251 e. The van der Waals surface area contributed by atoms with E-state index in [2.05, 4.69) is 10.3 Å². The molecule has 1 amide bonds. The molecule has 17 heavy (non-hydrogen) atoms. The lowest BCUT2D eigenvalue weighted by Gasteiger charge is -2.25. The molecule has 1 fully saturated rings. The minimum Gasteiger partial charge on any atom is -0.352 e. The highest BCUT2D eigenvalue weighted by molar-refractivity contribution is 6.20. The number of amides is 1. The highest BCUT2D eigenvalue weighted by atomic mass is 35.5. The van der Waals surface area contributed by atoms with E-state index >= 15 is 0 Å². The second kappa shape index (κ2) is 6.01. The van der Waals surface area contributed by atoms with Gasteiger partial charge in [-0.05, 0) is 43.7 Å². The third-order valence-corrected chi connectivity index (χ3v) is 3.71. The van der Waals surface area contributed by atoms with Crippen molar-refractivity contribution < 1.29 is 4.79 Å². The van der Waals surface area contributed by atoms with Crippen molar-refractivity contribution in [2.45, 2.75) is 31.1 Å². The summed E-state index contributed by atoms with van der Waals surface area (Å²) >= 11 is 6.05. The van der Waals surface area contributed by atoms with Crippen molar-refractivity contribution >= 4 is 17.5 Å². The number of alkyl halides is 1. The lowest BCUT2D eigenvalue weighted by molar-refractivity contribution is 0.0943. The number of rotatable bonds is 3. The third-order valence-electron chi connectivity index (χ3n) is 3.27. The highest BCUT2D eigenvalue weighted by Crippen LogP contribution is 2.26. The molecule has 0 bridgehead atoms. The molecule has 0 spiro atoms. The summed E-state index contributed by atoms with van der Waals surface area (Å²) < 4.78 is 0. The summed E-state index contributed by atoms with van der Waals surface area (Å²) in [5, 5.41) is 3.31. The quantitative estimate of drug-likeness (QED) is 0.841. The molecule has 1 aromatic rings. The molecule has 0 aromatic carbocycles. The van der Waals surface area contributed by atoms with Crippen LogP contribution in [0.2, 0.25) is 0 Å². The molecule has 0 aliphatic heterocycles. The van der Waals surface area contributed by atoms with Gasteiger partial charge >= 0.3 is 0 Å². The number of hydrogen-bond acceptors (Lipinski definition) is 2. The molecule has 0 saturated heterocycles. The third kappa shape index (κ3) is 3.70. The van der Waals surface area contributed by atoms with E-state index in [0.29, 0.717) is 16.9 Å². The number of carbonyl (C=O) groups is 1. The number of hydrogen-bond donors (Lipinski definition) is 1. The van der Waals surface area contributed by atoms with Crippen molar-refractivity contribution in [2.24, 2.45) is 5.92 Å². The number of carbonyl (C=O) groups excluding carboxylic acids is 1. The second-order valence-electron chi connectivity index (χ2n) is 4.56. The van der Waals surface area contributed by atoms with E-state index in [1.165, 1.54) is 0 Å². The number of nitrogens with one attached hydrogen (secondary N) is 1. The summed E-state index contributed by atoms with van der Waals surface area (Å²) in [7, 11) is 0. The predicted octanol–water partition coefficient (Wildman–Crippen LogP) is 2.61. The van der Waals surface area contributed by atoms with Crippen LogP contribution in [0.15, 0.2) is 24.5 Å². The number of aromatic nitrogens is 1. The standard InChI is InChI=1S/C13H17ClN2O/c14-12-3-1-10(2-4-12)9-16-13(17)11-5-7-15-8-6-11/h5-8,10,12H,1-4,9H2,(H,16,17). The van der Waals surface area contributed by atoms with Gasteiger partial charge in [0, 0.05) is 29.9 Å². The minimum absolute atomic E-state index is 0.0135. The maximum absolute atomic E-state index is 11.8. The zero-order chi connectivity index (χ0) is 12.1. The Bertz CT molecular complexity index is 361. The monoisotopic (exact) mass is 252 g/mol. The average Bonchev–Trinajstić information content (AvgIpc) is 2.39. The van der Waals surface area contributed by atoms with Gasteiger partial charge in [0.25, 0.3) is 5.91 Å². The Kier molecular flexibility index (Phi) is 4.37. The van der Waals surface area contributed by atoms with Gasteiger partial charge in [-0.2, -0.15) is 0 Å². The normalized spacial score (nSPS) is 24.3. The molecule has 92 valence electrons. The van der Waals surface area contributed by atoms with Gasteiger partial charge in [0.1, 0.15) is 0 Å². The molecule has 1 N–H and O–H groups in total. The van der Waals surface area contributed by atoms with E-state index in [1.807, 2.05) is 0 Å². The molecular weight excluding hydrogens is 236 g/mol. The highest BCUT2D eigenvalue weighted by Gasteiger charge is 2.19. The van der Waals surface area contributed by atoms with E-state index in [4.69, 9.17) is 11.6 Å². The smallest absolute Gasteiger partial charge is 0.251 e. The van der Waals surface area contributed by atoms with Gasteiger partial charge in [0.15, 0.2) is 0 Å². The molecule has 1 aliphatic rings. The van der Waals surface area contributed by atoms with E-state index in [1.54, 1.807) is 24.5 Å². The van der Waals surface area contributed by atoms with Crippen molar-refractivity contribution in [3.05, 3.63) is 30.1 Å². The van der Waals surface area contributed by atoms with Crippen LogP contribution in [0.4, 0.5) is 0 Å². The first kappa shape index (κ1) is 12.4. The fourth-order valence-electron chi connectivity index (χ4n) is 2.17. The summed E-state index contributed by atoms with van der Waals surface area (Å²) in [5.41, 5.74) is 0.672. The van der Waals surface area contributed by atoms with Gasteiger partial charge in [0.05, 0.1) is 0 Å². The summed E-state index contributed by atoms with van der Waals surface area (Å²) in [6.07, 6.45) is 7.63. The van der Waals surface area contributed by atoms with E-state index < -0.39 is 0 Å². The van der Waals surface area contributed by atoms with Crippen LogP contribution in [-0.2, 0) is 0 Å². The van der Waals surface area contributed by atoms with Crippen LogP contribution in [0.1, 0.15) is 36.0 Å². The van der Waals surface area contributed by atoms with E-state index in [0.717, 1.165) is 32.2 Å².